The van der Waals surface area contributed by atoms with Crippen LogP contribution in [0.15, 0.2) is 30.3 Å². The van der Waals surface area contributed by atoms with E-state index in [-0.39, 0.29) is 24.0 Å². The van der Waals surface area contributed by atoms with Crippen LogP contribution in [0.4, 0.5) is 4.79 Å². The van der Waals surface area contributed by atoms with Crippen molar-refractivity contribution in [1.29, 1.82) is 5.26 Å². The zero-order valence-electron chi connectivity index (χ0n) is 13.8. The molecule has 3 atom stereocenters. The Balaban J connectivity index is 1.55. The molecular formula is C18H24N4O2. The highest BCUT2D eigenvalue weighted by atomic mass is 16.5. The molecule has 6 heteroatoms. The Morgan fingerprint density at radius 3 is 3.00 bits per heavy atom. The summed E-state index contributed by atoms with van der Waals surface area (Å²) in [6.07, 6.45) is 1.01. The monoisotopic (exact) mass is 328 g/mol. The van der Waals surface area contributed by atoms with E-state index in [2.05, 4.69) is 16.7 Å². The minimum Gasteiger partial charge on any atom is -0.375 e. The van der Waals surface area contributed by atoms with Crippen LogP contribution in [0.2, 0.25) is 0 Å². The first-order valence-corrected chi connectivity index (χ1v) is 8.57. The predicted octanol–water partition coefficient (Wildman–Crippen LogP) is 1.31. The van der Waals surface area contributed by atoms with Crippen molar-refractivity contribution in [2.45, 2.75) is 18.4 Å². The molecule has 0 aromatic heterocycles. The SMILES string of the molecule is N#C[C@@H]1CN(C(=O)NCC2CNCCCO2)C[C@H]1c1ccccc1. The summed E-state index contributed by atoms with van der Waals surface area (Å²) in [6, 6.07) is 12.2. The highest BCUT2D eigenvalue weighted by molar-refractivity contribution is 5.74. The highest BCUT2D eigenvalue weighted by Gasteiger charge is 2.36. The van der Waals surface area contributed by atoms with Crippen LogP contribution in [-0.2, 0) is 4.74 Å². The number of hydrogen-bond acceptors (Lipinski definition) is 4. The van der Waals surface area contributed by atoms with E-state index < -0.39 is 0 Å². The van der Waals surface area contributed by atoms with E-state index >= 15 is 0 Å². The molecule has 2 amide bonds. The van der Waals surface area contributed by atoms with Gasteiger partial charge in [-0.15, -0.1) is 0 Å². The standard InChI is InChI=1S/C18H24N4O2/c19-9-15-12-22(13-17(15)14-5-2-1-3-6-14)18(23)21-11-16-10-20-7-4-8-24-16/h1-3,5-6,15-17,20H,4,7-8,10-13H2,(H,21,23)/t15-,16?,17+/m1/s1. The maximum Gasteiger partial charge on any atom is 0.317 e. The molecule has 2 N–H and O–H groups in total. The van der Waals surface area contributed by atoms with Gasteiger partial charge in [0.25, 0.3) is 0 Å². The fraction of sp³-hybridized carbons (Fsp3) is 0.556. The molecule has 0 bridgehead atoms. The quantitative estimate of drug-likeness (QED) is 0.877. The summed E-state index contributed by atoms with van der Waals surface area (Å²) in [6.45, 7) is 4.00. The zero-order valence-corrected chi connectivity index (χ0v) is 13.8. The number of nitriles is 1. The summed E-state index contributed by atoms with van der Waals surface area (Å²) >= 11 is 0. The summed E-state index contributed by atoms with van der Waals surface area (Å²) in [5.74, 6) is -0.0771. The summed E-state index contributed by atoms with van der Waals surface area (Å²) < 4.78 is 5.70. The molecule has 6 nitrogen and oxygen atoms in total. The van der Waals surface area contributed by atoms with Crippen LogP contribution in [-0.4, -0.2) is 56.4 Å². The van der Waals surface area contributed by atoms with Crippen molar-refractivity contribution >= 4 is 6.03 Å². The van der Waals surface area contributed by atoms with Gasteiger partial charge in [0.1, 0.15) is 0 Å². The number of amides is 2. The van der Waals surface area contributed by atoms with Crippen molar-refractivity contribution in [2.75, 3.05) is 39.3 Å². The van der Waals surface area contributed by atoms with Crippen LogP contribution in [0.5, 0.6) is 0 Å². The lowest BCUT2D eigenvalue weighted by molar-refractivity contribution is 0.0674. The fourth-order valence-electron chi connectivity index (χ4n) is 3.35. The molecule has 1 aromatic carbocycles. The van der Waals surface area contributed by atoms with Gasteiger partial charge in [0.2, 0.25) is 0 Å². The molecule has 0 aliphatic carbocycles. The summed E-state index contributed by atoms with van der Waals surface area (Å²) in [4.78, 5) is 14.2. The molecule has 2 heterocycles. The van der Waals surface area contributed by atoms with Crippen molar-refractivity contribution in [2.24, 2.45) is 5.92 Å². The molecule has 3 rings (SSSR count). The van der Waals surface area contributed by atoms with Crippen LogP contribution in [0.3, 0.4) is 0 Å². The first-order chi connectivity index (χ1) is 11.8. The summed E-state index contributed by atoms with van der Waals surface area (Å²) in [5.41, 5.74) is 1.12. The molecule has 0 spiro atoms. The van der Waals surface area contributed by atoms with Gasteiger partial charge in [-0.1, -0.05) is 30.3 Å². The van der Waals surface area contributed by atoms with Crippen LogP contribution >= 0.6 is 0 Å². The summed E-state index contributed by atoms with van der Waals surface area (Å²) in [5, 5.41) is 15.7. The number of carbonyl (C=O) groups excluding carboxylic acids is 1. The number of carbonyl (C=O) groups is 1. The van der Waals surface area contributed by atoms with Gasteiger partial charge in [-0.25, -0.2) is 4.79 Å². The van der Waals surface area contributed by atoms with E-state index in [1.165, 1.54) is 0 Å². The second-order valence-electron chi connectivity index (χ2n) is 6.39. The van der Waals surface area contributed by atoms with Gasteiger partial charge in [0.05, 0.1) is 18.1 Å². The second kappa shape index (κ2) is 8.13. The van der Waals surface area contributed by atoms with E-state index in [9.17, 15) is 10.1 Å². The smallest absolute Gasteiger partial charge is 0.317 e. The van der Waals surface area contributed by atoms with Crippen LogP contribution in [0, 0.1) is 17.2 Å². The molecule has 2 aliphatic heterocycles. The van der Waals surface area contributed by atoms with Crippen molar-refractivity contribution < 1.29 is 9.53 Å². The molecule has 2 aliphatic rings. The molecule has 0 saturated carbocycles. The lowest BCUT2D eigenvalue weighted by Crippen LogP contribution is -2.44. The second-order valence-corrected chi connectivity index (χ2v) is 6.39. The number of ether oxygens (including phenoxy) is 1. The number of hydrogen-bond donors (Lipinski definition) is 2. The minimum atomic E-state index is -0.158. The van der Waals surface area contributed by atoms with Crippen LogP contribution in [0.25, 0.3) is 0 Å². The summed E-state index contributed by atoms with van der Waals surface area (Å²) in [7, 11) is 0. The number of benzene rings is 1. The molecule has 24 heavy (non-hydrogen) atoms. The van der Waals surface area contributed by atoms with Crippen LogP contribution < -0.4 is 10.6 Å². The Morgan fingerprint density at radius 2 is 2.21 bits per heavy atom. The van der Waals surface area contributed by atoms with Crippen molar-refractivity contribution in [3.8, 4) is 6.07 Å². The maximum absolute atomic E-state index is 12.4. The van der Waals surface area contributed by atoms with E-state index in [1.807, 2.05) is 30.3 Å². The normalized spacial score (nSPS) is 27.3. The Labute approximate surface area is 142 Å². The van der Waals surface area contributed by atoms with Crippen molar-refractivity contribution in [3.63, 3.8) is 0 Å². The van der Waals surface area contributed by atoms with E-state index in [1.54, 1.807) is 4.90 Å². The van der Waals surface area contributed by atoms with Gasteiger partial charge >= 0.3 is 6.03 Å². The van der Waals surface area contributed by atoms with Crippen molar-refractivity contribution in [1.82, 2.24) is 15.5 Å². The number of nitrogens with one attached hydrogen (secondary N) is 2. The Kier molecular flexibility index (Phi) is 5.68. The predicted molar refractivity (Wildman–Crippen MR) is 90.5 cm³/mol. The third-order valence-corrected chi connectivity index (χ3v) is 4.71. The molecule has 0 radical (unpaired) electrons. The minimum absolute atomic E-state index is 0.00994. The molecule has 1 aromatic rings. The lowest BCUT2D eigenvalue weighted by Gasteiger charge is -2.20. The third kappa shape index (κ3) is 4.05. The largest absolute Gasteiger partial charge is 0.375 e. The fourth-order valence-corrected chi connectivity index (χ4v) is 3.35. The van der Waals surface area contributed by atoms with E-state index in [0.717, 1.165) is 31.7 Å². The number of nitrogens with zero attached hydrogens (tertiary/aromatic N) is 2. The van der Waals surface area contributed by atoms with Gasteiger partial charge < -0.3 is 20.3 Å². The Bertz CT molecular complexity index is 578. The number of rotatable bonds is 3. The number of urea groups is 1. The lowest BCUT2D eigenvalue weighted by atomic mass is 9.90. The van der Waals surface area contributed by atoms with Crippen LogP contribution in [0.1, 0.15) is 17.9 Å². The number of likely N-dealkylation sites (tertiary alicyclic amines) is 1. The average molecular weight is 328 g/mol. The van der Waals surface area contributed by atoms with Gasteiger partial charge in [-0.3, -0.25) is 0 Å². The Morgan fingerprint density at radius 1 is 1.38 bits per heavy atom. The van der Waals surface area contributed by atoms with Gasteiger partial charge in [-0.05, 0) is 18.5 Å². The highest BCUT2D eigenvalue weighted by Crippen LogP contribution is 2.32. The molecule has 2 saturated heterocycles. The van der Waals surface area contributed by atoms with E-state index in [4.69, 9.17) is 4.74 Å². The molecule has 2 fully saturated rings. The van der Waals surface area contributed by atoms with Gasteiger partial charge in [0.15, 0.2) is 0 Å². The first-order valence-electron chi connectivity index (χ1n) is 8.57. The van der Waals surface area contributed by atoms with Gasteiger partial charge in [-0.2, -0.15) is 5.26 Å². The first kappa shape index (κ1) is 16.7. The molecule has 1 unspecified atom stereocenters. The average Bonchev–Trinajstić information content (AvgIpc) is 2.89. The van der Waals surface area contributed by atoms with Crippen molar-refractivity contribution in [3.05, 3.63) is 35.9 Å². The Hall–Kier alpha value is -2.10. The maximum atomic E-state index is 12.4. The van der Waals surface area contributed by atoms with Gasteiger partial charge in [0, 0.05) is 38.7 Å². The van der Waals surface area contributed by atoms with E-state index in [0.29, 0.717) is 19.6 Å². The zero-order chi connectivity index (χ0) is 16.8. The molecular weight excluding hydrogens is 304 g/mol. The molecule has 128 valence electrons. The topological polar surface area (TPSA) is 77.4 Å². The third-order valence-electron chi connectivity index (χ3n) is 4.71.